The Bertz CT molecular complexity index is 1010. The molecule has 4 aromatic rings. The Hall–Kier alpha value is -0.990. The summed E-state index contributed by atoms with van der Waals surface area (Å²) in [6.07, 6.45) is 8.71. The molecule has 0 atom stereocenters. The van der Waals surface area contributed by atoms with E-state index < -0.39 is 0 Å². The third-order valence-electron chi connectivity index (χ3n) is 4.89. The van der Waals surface area contributed by atoms with Crippen LogP contribution in [0, 0.1) is 12.5 Å². The van der Waals surface area contributed by atoms with Crippen molar-refractivity contribution in [3.05, 3.63) is 108 Å². The van der Waals surface area contributed by atoms with Crippen LogP contribution in [0.25, 0.3) is 27.6 Å². The molecule has 0 nitrogen and oxygen atoms in total. The Balaban J connectivity index is 0.000000140. The monoisotopic (exact) mass is 350 g/mol. The SMILES string of the molecule is [C-]1=Cc2cccc3cccc1c23.[Na+].[Na+].c1cc2c3c(cccc3c1)C[CH-]2. The standard InChI is InChI=1S/C12H9.C12H7.2Na/c2*1-3-9-4-2-6-11-8-7-10(5-1)12(9)11;;/h1-7H,8H2;1-7H;;/q2*-1;2*+1. The van der Waals surface area contributed by atoms with E-state index in [1.165, 1.54) is 43.8 Å². The number of hydrogen-bond donors (Lipinski definition) is 0. The average Bonchev–Trinajstić information content (AvgIpc) is 3.24. The van der Waals surface area contributed by atoms with Crippen molar-refractivity contribution in [3.63, 3.8) is 0 Å². The van der Waals surface area contributed by atoms with Crippen molar-refractivity contribution in [2.75, 3.05) is 0 Å². The minimum atomic E-state index is 0. The second-order valence-corrected chi connectivity index (χ2v) is 6.31. The van der Waals surface area contributed by atoms with Crippen molar-refractivity contribution < 1.29 is 59.1 Å². The first-order valence-electron chi connectivity index (χ1n) is 8.35. The molecule has 6 rings (SSSR count). The van der Waals surface area contributed by atoms with E-state index in [4.69, 9.17) is 0 Å². The summed E-state index contributed by atoms with van der Waals surface area (Å²) in [4.78, 5) is 0. The zero-order valence-electron chi connectivity index (χ0n) is 15.3. The van der Waals surface area contributed by atoms with Crippen LogP contribution in [0.5, 0.6) is 0 Å². The molecule has 0 spiro atoms. The molecule has 0 aliphatic heterocycles. The molecule has 26 heavy (non-hydrogen) atoms. The molecule has 0 bridgehead atoms. The van der Waals surface area contributed by atoms with Gasteiger partial charge >= 0.3 is 59.1 Å². The first-order chi connectivity index (χ1) is 11.9. The van der Waals surface area contributed by atoms with Crippen molar-refractivity contribution in [1.29, 1.82) is 0 Å². The van der Waals surface area contributed by atoms with Crippen molar-refractivity contribution in [3.8, 4) is 0 Å². The first kappa shape index (κ1) is 19.8. The smallest absolute Gasteiger partial charge is 0.184 e. The molecule has 114 valence electrons. The number of hydrogen-bond acceptors (Lipinski definition) is 0. The van der Waals surface area contributed by atoms with E-state index in [2.05, 4.69) is 91.4 Å². The second kappa shape index (κ2) is 8.35. The molecule has 2 aliphatic carbocycles. The topological polar surface area (TPSA) is 0 Å². The van der Waals surface area contributed by atoms with Gasteiger partial charge in [0.25, 0.3) is 0 Å². The van der Waals surface area contributed by atoms with Gasteiger partial charge in [-0.2, -0.15) is 23.6 Å². The predicted molar refractivity (Wildman–Crippen MR) is 102 cm³/mol. The molecule has 0 radical (unpaired) electrons. The summed E-state index contributed by atoms with van der Waals surface area (Å²) >= 11 is 0. The third kappa shape index (κ3) is 3.43. The number of rotatable bonds is 0. The van der Waals surface area contributed by atoms with Crippen molar-refractivity contribution in [2.45, 2.75) is 6.42 Å². The van der Waals surface area contributed by atoms with Crippen LogP contribution in [0.1, 0.15) is 22.3 Å². The van der Waals surface area contributed by atoms with E-state index in [-0.39, 0.29) is 59.1 Å². The van der Waals surface area contributed by atoms with Crippen LogP contribution in [-0.4, -0.2) is 0 Å². The molecule has 0 aromatic heterocycles. The van der Waals surface area contributed by atoms with Crippen LogP contribution in [0.3, 0.4) is 0 Å². The largest absolute Gasteiger partial charge is 1.00 e. The van der Waals surface area contributed by atoms with Gasteiger partial charge in [-0.1, -0.05) is 59.7 Å². The Morgan fingerprint density at radius 1 is 0.692 bits per heavy atom. The van der Waals surface area contributed by atoms with Gasteiger partial charge in [0.05, 0.1) is 0 Å². The van der Waals surface area contributed by atoms with Gasteiger partial charge in [0.2, 0.25) is 0 Å². The van der Waals surface area contributed by atoms with E-state index in [1.54, 1.807) is 0 Å². The molecule has 0 heterocycles. The maximum Gasteiger partial charge on any atom is 1.00 e. The molecule has 0 saturated heterocycles. The Morgan fingerprint density at radius 3 is 2.15 bits per heavy atom. The molecule has 0 N–H and O–H groups in total. The van der Waals surface area contributed by atoms with E-state index in [9.17, 15) is 0 Å². The summed E-state index contributed by atoms with van der Waals surface area (Å²) in [6, 6.07) is 25.7. The summed E-state index contributed by atoms with van der Waals surface area (Å²) in [6.45, 7) is 0. The molecule has 0 saturated carbocycles. The van der Waals surface area contributed by atoms with Gasteiger partial charge < -0.3 is 0 Å². The third-order valence-corrected chi connectivity index (χ3v) is 4.89. The van der Waals surface area contributed by atoms with Gasteiger partial charge in [-0.05, 0) is 0 Å². The molecule has 0 unspecified atom stereocenters. The van der Waals surface area contributed by atoms with Gasteiger partial charge in [0.15, 0.2) is 0 Å². The summed E-state index contributed by atoms with van der Waals surface area (Å²) in [5.41, 5.74) is 5.40. The van der Waals surface area contributed by atoms with Crippen LogP contribution in [0.15, 0.2) is 72.8 Å². The molecular weight excluding hydrogens is 334 g/mol. The first-order valence-corrected chi connectivity index (χ1v) is 8.35. The van der Waals surface area contributed by atoms with Gasteiger partial charge in [-0.3, -0.25) is 0 Å². The Morgan fingerprint density at radius 2 is 1.35 bits per heavy atom. The van der Waals surface area contributed by atoms with Crippen molar-refractivity contribution >= 4 is 27.6 Å². The quantitative estimate of drug-likeness (QED) is 0.272. The summed E-state index contributed by atoms with van der Waals surface area (Å²) < 4.78 is 0. The molecule has 0 amide bonds. The minimum absolute atomic E-state index is 0. The zero-order chi connectivity index (χ0) is 15.9. The Kier molecular flexibility index (Phi) is 6.35. The fourth-order valence-corrected chi connectivity index (χ4v) is 3.78. The van der Waals surface area contributed by atoms with Crippen LogP contribution in [0.2, 0.25) is 0 Å². The maximum absolute atomic E-state index is 3.25. The minimum Gasteiger partial charge on any atom is -0.184 e. The Labute approximate surface area is 198 Å². The predicted octanol–water partition coefficient (Wildman–Crippen LogP) is -0.0258. The molecule has 2 aliphatic rings. The summed E-state index contributed by atoms with van der Waals surface area (Å²) in [7, 11) is 0. The van der Waals surface area contributed by atoms with Gasteiger partial charge in [0, 0.05) is 0 Å². The zero-order valence-corrected chi connectivity index (χ0v) is 19.3. The van der Waals surface area contributed by atoms with Gasteiger partial charge in [0.1, 0.15) is 0 Å². The fraction of sp³-hybridized carbons (Fsp3) is 0.0417. The molecule has 4 aromatic carbocycles. The van der Waals surface area contributed by atoms with Crippen molar-refractivity contribution in [2.24, 2.45) is 0 Å². The van der Waals surface area contributed by atoms with Crippen molar-refractivity contribution in [1.82, 2.24) is 0 Å². The summed E-state index contributed by atoms with van der Waals surface area (Å²) in [5, 5.41) is 5.49. The summed E-state index contributed by atoms with van der Waals surface area (Å²) in [5.74, 6) is 0. The number of benzene rings is 4. The van der Waals surface area contributed by atoms with Gasteiger partial charge in [-0.25, -0.2) is 0 Å². The van der Waals surface area contributed by atoms with Crippen LogP contribution in [-0.2, 0) is 6.42 Å². The maximum atomic E-state index is 3.25. The van der Waals surface area contributed by atoms with E-state index in [1.807, 2.05) is 0 Å². The van der Waals surface area contributed by atoms with E-state index >= 15 is 0 Å². The van der Waals surface area contributed by atoms with Crippen LogP contribution >= 0.6 is 0 Å². The second-order valence-electron chi connectivity index (χ2n) is 6.31. The van der Waals surface area contributed by atoms with E-state index in [0.717, 1.165) is 6.42 Å². The molecule has 2 heteroatoms. The van der Waals surface area contributed by atoms with Crippen LogP contribution in [0.4, 0.5) is 0 Å². The average molecular weight is 350 g/mol. The fourth-order valence-electron chi connectivity index (χ4n) is 3.78. The van der Waals surface area contributed by atoms with E-state index in [0.29, 0.717) is 0 Å². The van der Waals surface area contributed by atoms with Crippen LogP contribution < -0.4 is 59.1 Å². The van der Waals surface area contributed by atoms with Gasteiger partial charge in [-0.15, -0.1) is 58.3 Å². The molecular formula is C24H16Na2. The normalized spacial score (nSPS) is 12.0. The molecule has 0 fully saturated rings.